The molecular weight excluding hydrogens is 200 g/mol. The third kappa shape index (κ3) is 1.86. The van der Waals surface area contributed by atoms with E-state index in [0.717, 1.165) is 11.0 Å². The highest BCUT2D eigenvalue weighted by Crippen LogP contribution is 2.19. The van der Waals surface area contributed by atoms with E-state index in [0.29, 0.717) is 5.76 Å². The number of halogens is 1. The second kappa shape index (κ2) is 3.68. The average Bonchev–Trinajstić information content (AvgIpc) is 2.57. The van der Waals surface area contributed by atoms with Crippen LogP contribution in [-0.4, -0.2) is 5.24 Å². The van der Waals surface area contributed by atoms with E-state index in [1.807, 2.05) is 30.3 Å². The normalized spacial score (nSPS) is 11.2. The van der Waals surface area contributed by atoms with E-state index in [-0.39, 0.29) is 0 Å². The number of carbonyl (C=O) groups is 1. The van der Waals surface area contributed by atoms with E-state index in [1.54, 1.807) is 6.08 Å². The van der Waals surface area contributed by atoms with E-state index >= 15 is 0 Å². The predicted octanol–water partition coefficient (Wildman–Crippen LogP) is 3.21. The van der Waals surface area contributed by atoms with Gasteiger partial charge in [0.2, 0.25) is 5.24 Å². The molecule has 0 unspecified atom stereocenters. The molecule has 0 spiro atoms. The highest BCUT2D eigenvalue weighted by Gasteiger charge is 1.99. The average molecular weight is 207 g/mol. The minimum atomic E-state index is -0.509. The molecule has 70 valence electrons. The van der Waals surface area contributed by atoms with Crippen molar-refractivity contribution < 1.29 is 9.21 Å². The predicted molar refractivity (Wildman–Crippen MR) is 56.1 cm³/mol. The molecule has 0 radical (unpaired) electrons. The van der Waals surface area contributed by atoms with Gasteiger partial charge in [0.25, 0.3) is 0 Å². The van der Waals surface area contributed by atoms with Crippen LogP contribution in [0.5, 0.6) is 0 Å². The highest BCUT2D eigenvalue weighted by atomic mass is 35.5. The lowest BCUT2D eigenvalue weighted by Crippen LogP contribution is -1.73. The Bertz CT molecular complexity index is 464. The summed E-state index contributed by atoms with van der Waals surface area (Å²) < 4.78 is 5.42. The zero-order valence-electron chi connectivity index (χ0n) is 7.24. The van der Waals surface area contributed by atoms with Crippen LogP contribution in [0.3, 0.4) is 0 Å². The quantitative estimate of drug-likeness (QED) is 0.558. The number of furan rings is 1. The molecule has 0 aliphatic heterocycles. The Balaban J connectivity index is 2.40. The van der Waals surface area contributed by atoms with Crippen LogP contribution in [0.15, 0.2) is 40.8 Å². The van der Waals surface area contributed by atoms with Crippen LogP contribution < -0.4 is 0 Å². The summed E-state index contributed by atoms with van der Waals surface area (Å²) in [4.78, 5) is 10.5. The van der Waals surface area contributed by atoms with Crippen molar-refractivity contribution in [2.24, 2.45) is 0 Å². The fourth-order valence-corrected chi connectivity index (χ4v) is 1.30. The SMILES string of the molecule is O=C(Cl)C=Cc1cc2ccccc2o1. The van der Waals surface area contributed by atoms with Gasteiger partial charge in [0.15, 0.2) is 0 Å². The molecule has 14 heavy (non-hydrogen) atoms. The lowest BCUT2D eigenvalue weighted by Gasteiger charge is -1.83. The zero-order valence-corrected chi connectivity index (χ0v) is 7.99. The van der Waals surface area contributed by atoms with Crippen molar-refractivity contribution >= 4 is 33.9 Å². The van der Waals surface area contributed by atoms with Gasteiger partial charge in [-0.15, -0.1) is 0 Å². The van der Waals surface area contributed by atoms with Gasteiger partial charge >= 0.3 is 0 Å². The first kappa shape index (κ1) is 9.03. The molecule has 0 aliphatic carbocycles. The molecule has 1 aromatic heterocycles. The van der Waals surface area contributed by atoms with E-state index in [4.69, 9.17) is 16.0 Å². The van der Waals surface area contributed by atoms with Gasteiger partial charge in [-0.05, 0) is 29.8 Å². The minimum Gasteiger partial charge on any atom is -0.457 e. The highest BCUT2D eigenvalue weighted by molar-refractivity contribution is 6.66. The smallest absolute Gasteiger partial charge is 0.245 e. The molecule has 2 aromatic rings. The van der Waals surface area contributed by atoms with E-state index < -0.39 is 5.24 Å². The molecule has 0 saturated carbocycles. The Morgan fingerprint density at radius 2 is 2.14 bits per heavy atom. The first-order valence-electron chi connectivity index (χ1n) is 4.12. The van der Waals surface area contributed by atoms with Crippen molar-refractivity contribution in [2.45, 2.75) is 0 Å². The van der Waals surface area contributed by atoms with Crippen LogP contribution in [0, 0.1) is 0 Å². The van der Waals surface area contributed by atoms with Crippen LogP contribution in [0.1, 0.15) is 5.76 Å². The molecule has 0 N–H and O–H groups in total. The second-order valence-corrected chi connectivity index (χ2v) is 3.20. The number of rotatable bonds is 2. The maximum absolute atomic E-state index is 10.5. The molecule has 2 nitrogen and oxygen atoms in total. The van der Waals surface area contributed by atoms with Crippen molar-refractivity contribution in [2.75, 3.05) is 0 Å². The summed E-state index contributed by atoms with van der Waals surface area (Å²) >= 11 is 5.16. The van der Waals surface area contributed by atoms with E-state index in [1.165, 1.54) is 6.08 Å². The third-order valence-electron chi connectivity index (χ3n) is 1.82. The number of para-hydroxylation sites is 1. The Kier molecular flexibility index (Phi) is 2.37. The maximum Gasteiger partial charge on any atom is 0.245 e. The van der Waals surface area contributed by atoms with E-state index in [9.17, 15) is 4.79 Å². The van der Waals surface area contributed by atoms with Gasteiger partial charge in [0.1, 0.15) is 11.3 Å². The van der Waals surface area contributed by atoms with Gasteiger partial charge in [-0.25, -0.2) is 0 Å². The van der Waals surface area contributed by atoms with Crippen molar-refractivity contribution in [1.82, 2.24) is 0 Å². The number of allylic oxidation sites excluding steroid dienone is 1. The summed E-state index contributed by atoms with van der Waals surface area (Å²) in [6.45, 7) is 0. The second-order valence-electron chi connectivity index (χ2n) is 2.82. The van der Waals surface area contributed by atoms with E-state index in [2.05, 4.69) is 0 Å². The lowest BCUT2D eigenvalue weighted by atomic mass is 10.2. The van der Waals surface area contributed by atoms with Gasteiger partial charge in [-0.2, -0.15) is 0 Å². The van der Waals surface area contributed by atoms with Crippen LogP contribution in [-0.2, 0) is 4.79 Å². The van der Waals surface area contributed by atoms with Crippen LogP contribution in [0.4, 0.5) is 0 Å². The Morgan fingerprint density at radius 1 is 1.36 bits per heavy atom. The molecule has 0 aliphatic rings. The molecular formula is C11H7ClO2. The summed E-state index contributed by atoms with van der Waals surface area (Å²) in [6, 6.07) is 9.49. The summed E-state index contributed by atoms with van der Waals surface area (Å²) in [5, 5.41) is 0.500. The Labute approximate surface area is 85.8 Å². The van der Waals surface area contributed by atoms with Gasteiger partial charge in [0.05, 0.1) is 0 Å². The fourth-order valence-electron chi connectivity index (χ4n) is 1.23. The number of carbonyl (C=O) groups excluding carboxylic acids is 1. The topological polar surface area (TPSA) is 30.2 Å². The summed E-state index contributed by atoms with van der Waals surface area (Å²) in [7, 11) is 0. The van der Waals surface area contributed by atoms with Crippen LogP contribution in [0.25, 0.3) is 17.0 Å². The molecule has 1 heterocycles. The Morgan fingerprint density at radius 3 is 2.86 bits per heavy atom. The maximum atomic E-state index is 10.5. The molecule has 0 bridgehead atoms. The monoisotopic (exact) mass is 206 g/mol. The number of hydrogen-bond donors (Lipinski definition) is 0. The number of hydrogen-bond acceptors (Lipinski definition) is 2. The lowest BCUT2D eigenvalue weighted by molar-refractivity contribution is -0.107. The van der Waals surface area contributed by atoms with Gasteiger partial charge in [0, 0.05) is 11.5 Å². The van der Waals surface area contributed by atoms with Crippen molar-refractivity contribution in [1.29, 1.82) is 0 Å². The van der Waals surface area contributed by atoms with Crippen LogP contribution >= 0.6 is 11.6 Å². The molecule has 1 aromatic carbocycles. The van der Waals surface area contributed by atoms with Crippen molar-refractivity contribution in [3.63, 3.8) is 0 Å². The van der Waals surface area contributed by atoms with Crippen molar-refractivity contribution in [3.05, 3.63) is 42.2 Å². The summed E-state index contributed by atoms with van der Waals surface area (Å²) in [6.07, 6.45) is 2.81. The molecule has 0 fully saturated rings. The fraction of sp³-hybridized carbons (Fsp3) is 0. The van der Waals surface area contributed by atoms with Gasteiger partial charge in [-0.1, -0.05) is 18.2 Å². The number of benzene rings is 1. The standard InChI is InChI=1S/C11H7ClO2/c12-11(13)6-5-9-7-8-3-1-2-4-10(8)14-9/h1-7H. The molecule has 0 saturated heterocycles. The molecule has 0 amide bonds. The molecule has 3 heteroatoms. The van der Waals surface area contributed by atoms with Gasteiger partial charge in [-0.3, -0.25) is 4.79 Å². The minimum absolute atomic E-state index is 0.509. The first-order chi connectivity index (χ1) is 6.75. The largest absolute Gasteiger partial charge is 0.457 e. The number of fused-ring (bicyclic) bond motifs is 1. The Hall–Kier alpha value is -1.54. The molecule has 0 atom stereocenters. The molecule has 2 rings (SSSR count). The summed E-state index contributed by atoms with van der Waals surface area (Å²) in [5.41, 5.74) is 0.800. The van der Waals surface area contributed by atoms with Crippen LogP contribution in [0.2, 0.25) is 0 Å². The summed E-state index contributed by atoms with van der Waals surface area (Å²) in [5.74, 6) is 0.625. The van der Waals surface area contributed by atoms with Gasteiger partial charge < -0.3 is 4.42 Å². The zero-order chi connectivity index (χ0) is 9.97. The third-order valence-corrected chi connectivity index (χ3v) is 1.95. The first-order valence-corrected chi connectivity index (χ1v) is 4.49. The van der Waals surface area contributed by atoms with Crippen molar-refractivity contribution in [3.8, 4) is 0 Å².